The van der Waals surface area contributed by atoms with Crippen LogP contribution in [0.2, 0.25) is 0 Å². The van der Waals surface area contributed by atoms with Crippen LogP contribution in [0.4, 0.5) is 0 Å². The van der Waals surface area contributed by atoms with Crippen LogP contribution in [0.1, 0.15) is 85.5 Å². The average molecular weight is 345 g/mol. The van der Waals surface area contributed by atoms with Gasteiger partial charge in [0.15, 0.2) is 0 Å². The number of ketones is 1. The van der Waals surface area contributed by atoms with Crippen LogP contribution in [-0.4, -0.2) is 12.1 Å². The van der Waals surface area contributed by atoms with E-state index in [1.54, 1.807) is 6.92 Å². The first-order valence-electron chi connectivity index (χ1n) is 10.3. The van der Waals surface area contributed by atoms with Gasteiger partial charge in [0.1, 0.15) is 12.1 Å². The van der Waals surface area contributed by atoms with Crippen molar-refractivity contribution in [3.63, 3.8) is 0 Å². The predicted molar refractivity (Wildman–Crippen MR) is 102 cm³/mol. The Balaban J connectivity index is 1.99. The van der Waals surface area contributed by atoms with E-state index < -0.39 is 0 Å². The highest BCUT2D eigenvalue weighted by atomic mass is 16.1. The van der Waals surface area contributed by atoms with Crippen LogP contribution in [0.15, 0.2) is 12.2 Å². The first kappa shape index (κ1) is 18.9. The average Bonchev–Trinajstić information content (AvgIpc) is 2.52. The second-order valence-electron chi connectivity index (χ2n) is 10.2. The van der Waals surface area contributed by atoms with Gasteiger partial charge in [0.25, 0.3) is 0 Å². The summed E-state index contributed by atoms with van der Waals surface area (Å²) in [6, 6.07) is 0. The molecular weight excluding hydrogens is 308 g/mol. The lowest BCUT2D eigenvalue weighted by Crippen LogP contribution is -2.60. The fourth-order valence-corrected chi connectivity index (χ4v) is 7.34. The predicted octanol–water partition coefficient (Wildman–Crippen LogP) is 5.75. The van der Waals surface area contributed by atoms with Crippen molar-refractivity contribution in [2.75, 3.05) is 0 Å². The largest absolute Gasteiger partial charge is 0.303 e. The van der Waals surface area contributed by atoms with Crippen LogP contribution in [0.3, 0.4) is 0 Å². The molecule has 25 heavy (non-hydrogen) atoms. The third kappa shape index (κ3) is 2.84. The van der Waals surface area contributed by atoms with E-state index in [0.29, 0.717) is 24.2 Å². The van der Waals surface area contributed by atoms with Gasteiger partial charge in [-0.3, -0.25) is 0 Å². The van der Waals surface area contributed by atoms with Crippen molar-refractivity contribution in [3.05, 3.63) is 12.2 Å². The fraction of sp³-hybridized carbons (Fsp3) is 0.826. The van der Waals surface area contributed by atoms with Gasteiger partial charge in [-0.25, -0.2) is 0 Å². The summed E-state index contributed by atoms with van der Waals surface area (Å²) in [7, 11) is 0. The molecule has 3 aliphatic rings. The molecule has 0 heterocycles. The van der Waals surface area contributed by atoms with E-state index in [-0.39, 0.29) is 22.0 Å². The van der Waals surface area contributed by atoms with Crippen LogP contribution in [-0.2, 0) is 9.59 Å². The summed E-state index contributed by atoms with van der Waals surface area (Å²) in [6.07, 6.45) is 10.9. The smallest absolute Gasteiger partial charge is 0.129 e. The van der Waals surface area contributed by atoms with Crippen LogP contribution in [0.25, 0.3) is 0 Å². The second-order valence-corrected chi connectivity index (χ2v) is 10.2. The van der Waals surface area contributed by atoms with Crippen LogP contribution in [0, 0.1) is 34.0 Å². The minimum Gasteiger partial charge on any atom is -0.303 e. The maximum absolute atomic E-state index is 12.6. The number of hydrogen-bond acceptors (Lipinski definition) is 2. The monoisotopic (exact) mass is 344 g/mol. The standard InChI is InChI=1S/C23H36O2/c1-16-7-10-20-22(5,18(16)9-8-17(2)25)14-11-19-21(3,4)12-6-13-23(19,20)15-24/h15,18-20H,1,6-14H2,2-5H3/t18?,19-,20-,22-,23+/m0/s1. The molecule has 0 aromatic rings. The van der Waals surface area contributed by atoms with Crippen LogP contribution < -0.4 is 0 Å². The summed E-state index contributed by atoms with van der Waals surface area (Å²) in [4.78, 5) is 24.2. The maximum Gasteiger partial charge on any atom is 0.129 e. The van der Waals surface area contributed by atoms with E-state index in [1.807, 2.05) is 0 Å². The van der Waals surface area contributed by atoms with Gasteiger partial charge in [0, 0.05) is 11.8 Å². The number of fused-ring (bicyclic) bond motifs is 3. The number of hydrogen-bond donors (Lipinski definition) is 0. The van der Waals surface area contributed by atoms with E-state index in [2.05, 4.69) is 27.4 Å². The van der Waals surface area contributed by atoms with E-state index in [0.717, 1.165) is 32.1 Å². The molecule has 3 saturated carbocycles. The van der Waals surface area contributed by atoms with Gasteiger partial charge in [0.05, 0.1) is 0 Å². The van der Waals surface area contributed by atoms with Crippen molar-refractivity contribution in [1.29, 1.82) is 0 Å². The molecule has 0 spiro atoms. The van der Waals surface area contributed by atoms with E-state index >= 15 is 0 Å². The van der Waals surface area contributed by atoms with E-state index in [9.17, 15) is 9.59 Å². The Bertz CT molecular complexity index is 575. The molecule has 0 N–H and O–H groups in total. The Hall–Kier alpha value is -0.920. The van der Waals surface area contributed by atoms with Crippen LogP contribution in [0.5, 0.6) is 0 Å². The molecule has 0 amide bonds. The SMILES string of the molecule is C=C1CC[C@@H]2[C@@]3(C=O)CCCC(C)(C)[C@@H]3CC[C@@]2(C)C1CCC(C)=O. The summed E-state index contributed by atoms with van der Waals surface area (Å²) < 4.78 is 0. The van der Waals surface area contributed by atoms with Gasteiger partial charge >= 0.3 is 0 Å². The summed E-state index contributed by atoms with van der Waals surface area (Å²) in [5.41, 5.74) is 1.58. The topological polar surface area (TPSA) is 34.1 Å². The Morgan fingerprint density at radius 1 is 1.16 bits per heavy atom. The van der Waals surface area contributed by atoms with Gasteiger partial charge in [-0.05, 0) is 80.5 Å². The summed E-state index contributed by atoms with van der Waals surface area (Å²) in [6.45, 7) is 13.3. The first-order valence-corrected chi connectivity index (χ1v) is 10.3. The van der Waals surface area contributed by atoms with E-state index in [1.165, 1.54) is 31.1 Å². The highest BCUT2D eigenvalue weighted by Crippen LogP contribution is 2.68. The Morgan fingerprint density at radius 3 is 2.52 bits per heavy atom. The molecule has 2 heteroatoms. The van der Waals surface area contributed by atoms with Gasteiger partial charge in [-0.15, -0.1) is 0 Å². The summed E-state index contributed by atoms with van der Waals surface area (Å²) in [5.74, 6) is 1.65. The highest BCUT2D eigenvalue weighted by Gasteiger charge is 2.63. The molecule has 0 aliphatic heterocycles. The molecule has 3 rings (SSSR count). The molecule has 3 fully saturated rings. The summed E-state index contributed by atoms with van der Waals surface area (Å²) >= 11 is 0. The molecule has 0 saturated heterocycles. The first-order chi connectivity index (χ1) is 11.7. The Kier molecular flexibility index (Phi) is 4.79. The van der Waals surface area contributed by atoms with E-state index in [4.69, 9.17) is 0 Å². The van der Waals surface area contributed by atoms with Crippen molar-refractivity contribution < 1.29 is 9.59 Å². The van der Waals surface area contributed by atoms with Gasteiger partial charge in [-0.1, -0.05) is 39.3 Å². The number of carbonyl (C=O) groups excluding carboxylic acids is 2. The highest BCUT2D eigenvalue weighted by molar-refractivity contribution is 5.75. The normalized spacial score (nSPS) is 43.0. The van der Waals surface area contributed by atoms with Crippen molar-refractivity contribution in [1.82, 2.24) is 0 Å². The Morgan fingerprint density at radius 2 is 1.88 bits per heavy atom. The molecule has 140 valence electrons. The van der Waals surface area contributed by atoms with Crippen molar-refractivity contribution in [3.8, 4) is 0 Å². The minimum atomic E-state index is -0.149. The fourth-order valence-electron chi connectivity index (χ4n) is 7.34. The summed E-state index contributed by atoms with van der Waals surface area (Å²) in [5, 5.41) is 0. The number of rotatable bonds is 4. The van der Waals surface area contributed by atoms with Gasteiger partial charge < -0.3 is 9.59 Å². The molecule has 1 unspecified atom stereocenters. The van der Waals surface area contributed by atoms with Crippen LogP contribution >= 0.6 is 0 Å². The van der Waals surface area contributed by atoms with Crippen molar-refractivity contribution in [2.45, 2.75) is 85.5 Å². The third-order valence-electron chi connectivity index (χ3n) is 8.49. The third-order valence-corrected chi connectivity index (χ3v) is 8.49. The maximum atomic E-state index is 12.6. The lowest BCUT2D eigenvalue weighted by Gasteiger charge is -2.65. The number of carbonyl (C=O) groups is 2. The number of allylic oxidation sites excluding steroid dienone is 1. The lowest BCUT2D eigenvalue weighted by atomic mass is 9.39. The molecule has 0 radical (unpaired) electrons. The zero-order chi connectivity index (χ0) is 18.5. The van der Waals surface area contributed by atoms with Gasteiger partial charge in [-0.2, -0.15) is 0 Å². The molecule has 0 aromatic heterocycles. The molecule has 3 aliphatic carbocycles. The zero-order valence-corrected chi connectivity index (χ0v) is 16.7. The molecule has 0 bridgehead atoms. The molecule has 2 nitrogen and oxygen atoms in total. The van der Waals surface area contributed by atoms with Crippen molar-refractivity contribution >= 4 is 12.1 Å². The Labute approximate surface area is 153 Å². The number of aldehydes is 1. The molecular formula is C23H36O2. The zero-order valence-electron chi connectivity index (χ0n) is 16.7. The minimum absolute atomic E-state index is 0.135. The molecule has 0 aromatic carbocycles. The lowest BCUT2D eigenvalue weighted by molar-refractivity contribution is -0.169. The van der Waals surface area contributed by atoms with Crippen molar-refractivity contribution in [2.24, 2.45) is 34.0 Å². The van der Waals surface area contributed by atoms with Gasteiger partial charge in [0.2, 0.25) is 0 Å². The second kappa shape index (κ2) is 6.35. The number of Topliss-reactive ketones (excluding diaryl/α,β-unsaturated/α-hetero) is 1. The quantitative estimate of drug-likeness (QED) is 0.480. The molecule has 5 atom stereocenters.